The van der Waals surface area contributed by atoms with Gasteiger partial charge in [-0.15, -0.1) is 11.6 Å². The Kier molecular flexibility index (Phi) is 1.99. The van der Waals surface area contributed by atoms with Crippen molar-refractivity contribution in [3.63, 3.8) is 0 Å². The third-order valence-electron chi connectivity index (χ3n) is 2.91. The molecular formula is C11H13ClO. The standard InChI is InChI=1S/C11H13ClO/c1-8-9-5-3-4-6-10(9)13-11(8,2)7-12/h3-6,8H,7H2,1-2H3. The summed E-state index contributed by atoms with van der Waals surface area (Å²) in [4.78, 5) is 0. The second-order valence-electron chi connectivity index (χ2n) is 3.81. The molecule has 0 N–H and O–H groups in total. The monoisotopic (exact) mass is 196 g/mol. The zero-order valence-corrected chi connectivity index (χ0v) is 8.64. The molecule has 1 aliphatic heterocycles. The minimum atomic E-state index is -0.231. The number of hydrogen-bond acceptors (Lipinski definition) is 1. The average molecular weight is 197 g/mol. The molecule has 1 heterocycles. The van der Waals surface area contributed by atoms with Crippen LogP contribution in [0.4, 0.5) is 0 Å². The molecule has 1 aliphatic rings. The van der Waals surface area contributed by atoms with Crippen molar-refractivity contribution in [1.82, 2.24) is 0 Å². The molecule has 2 unspecified atom stereocenters. The summed E-state index contributed by atoms with van der Waals surface area (Å²) in [5.41, 5.74) is 1.04. The molecule has 2 rings (SSSR count). The van der Waals surface area contributed by atoms with Gasteiger partial charge in [-0.1, -0.05) is 25.1 Å². The van der Waals surface area contributed by atoms with Crippen LogP contribution >= 0.6 is 11.6 Å². The second kappa shape index (κ2) is 2.91. The van der Waals surface area contributed by atoms with Crippen molar-refractivity contribution in [1.29, 1.82) is 0 Å². The van der Waals surface area contributed by atoms with Crippen molar-refractivity contribution < 1.29 is 4.74 Å². The fourth-order valence-electron chi connectivity index (χ4n) is 1.74. The maximum absolute atomic E-state index is 5.91. The highest BCUT2D eigenvalue weighted by Gasteiger charge is 2.40. The number of benzene rings is 1. The minimum absolute atomic E-state index is 0.231. The number of fused-ring (bicyclic) bond motifs is 1. The molecule has 0 amide bonds. The molecule has 1 aromatic carbocycles. The van der Waals surface area contributed by atoms with Gasteiger partial charge in [0.05, 0.1) is 5.88 Å². The summed E-state index contributed by atoms with van der Waals surface area (Å²) < 4.78 is 5.82. The molecule has 0 radical (unpaired) electrons. The van der Waals surface area contributed by atoms with E-state index in [-0.39, 0.29) is 5.60 Å². The first-order valence-corrected chi connectivity index (χ1v) is 5.05. The summed E-state index contributed by atoms with van der Waals surface area (Å²) in [6.07, 6.45) is 0. The molecule has 0 aliphatic carbocycles. The third kappa shape index (κ3) is 1.22. The van der Waals surface area contributed by atoms with Crippen molar-refractivity contribution in [3.05, 3.63) is 29.8 Å². The fourth-order valence-corrected chi connectivity index (χ4v) is 2.03. The lowest BCUT2D eigenvalue weighted by molar-refractivity contribution is 0.119. The van der Waals surface area contributed by atoms with Gasteiger partial charge in [0, 0.05) is 11.5 Å². The summed E-state index contributed by atoms with van der Waals surface area (Å²) in [5.74, 6) is 1.89. The molecule has 70 valence electrons. The van der Waals surface area contributed by atoms with E-state index in [1.165, 1.54) is 5.56 Å². The van der Waals surface area contributed by atoms with Crippen LogP contribution in [0.25, 0.3) is 0 Å². The number of ether oxygens (including phenoxy) is 1. The second-order valence-corrected chi connectivity index (χ2v) is 4.08. The highest BCUT2D eigenvalue weighted by atomic mass is 35.5. The van der Waals surface area contributed by atoms with Gasteiger partial charge in [0.15, 0.2) is 0 Å². The Balaban J connectivity index is 2.43. The topological polar surface area (TPSA) is 9.23 Å². The first kappa shape index (κ1) is 8.89. The van der Waals surface area contributed by atoms with Crippen LogP contribution < -0.4 is 4.74 Å². The Morgan fingerprint density at radius 1 is 1.46 bits per heavy atom. The summed E-state index contributed by atoms with van der Waals surface area (Å²) in [7, 11) is 0. The van der Waals surface area contributed by atoms with Crippen LogP contribution in [0.2, 0.25) is 0 Å². The molecule has 0 saturated heterocycles. The van der Waals surface area contributed by atoms with Crippen LogP contribution in [0.1, 0.15) is 25.3 Å². The lowest BCUT2D eigenvalue weighted by Crippen LogP contribution is -2.35. The van der Waals surface area contributed by atoms with Crippen molar-refractivity contribution >= 4 is 11.6 Å². The van der Waals surface area contributed by atoms with E-state index in [4.69, 9.17) is 16.3 Å². The lowest BCUT2D eigenvalue weighted by atomic mass is 9.89. The largest absolute Gasteiger partial charge is 0.485 e. The van der Waals surface area contributed by atoms with Gasteiger partial charge in [0.2, 0.25) is 0 Å². The van der Waals surface area contributed by atoms with Crippen LogP contribution in [0.5, 0.6) is 5.75 Å². The maximum Gasteiger partial charge on any atom is 0.126 e. The van der Waals surface area contributed by atoms with Crippen LogP contribution in [0, 0.1) is 0 Å². The van der Waals surface area contributed by atoms with Gasteiger partial charge in [-0.05, 0) is 13.0 Å². The van der Waals surface area contributed by atoms with E-state index in [0.29, 0.717) is 11.8 Å². The maximum atomic E-state index is 5.91. The van der Waals surface area contributed by atoms with E-state index in [0.717, 1.165) is 5.75 Å². The Morgan fingerprint density at radius 3 is 2.77 bits per heavy atom. The van der Waals surface area contributed by atoms with Crippen molar-refractivity contribution in [3.8, 4) is 5.75 Å². The van der Waals surface area contributed by atoms with E-state index >= 15 is 0 Å². The fraction of sp³-hybridized carbons (Fsp3) is 0.455. The molecule has 1 aromatic rings. The molecule has 0 saturated carbocycles. The molecule has 2 atom stereocenters. The van der Waals surface area contributed by atoms with Crippen molar-refractivity contribution in [2.75, 3.05) is 5.88 Å². The van der Waals surface area contributed by atoms with Crippen molar-refractivity contribution in [2.45, 2.75) is 25.4 Å². The number of para-hydroxylation sites is 1. The van der Waals surface area contributed by atoms with Crippen LogP contribution in [-0.2, 0) is 0 Å². The van der Waals surface area contributed by atoms with Crippen LogP contribution in [0.15, 0.2) is 24.3 Å². The summed E-state index contributed by atoms with van der Waals surface area (Å²) in [6, 6.07) is 8.14. The van der Waals surface area contributed by atoms with Gasteiger partial charge in [0.25, 0.3) is 0 Å². The van der Waals surface area contributed by atoms with Gasteiger partial charge in [-0.2, -0.15) is 0 Å². The van der Waals surface area contributed by atoms with E-state index in [2.05, 4.69) is 19.9 Å². The van der Waals surface area contributed by atoms with Crippen LogP contribution in [0.3, 0.4) is 0 Å². The highest BCUT2D eigenvalue weighted by molar-refractivity contribution is 6.18. The molecule has 0 fully saturated rings. The smallest absolute Gasteiger partial charge is 0.126 e. The first-order valence-electron chi connectivity index (χ1n) is 4.51. The Morgan fingerprint density at radius 2 is 2.15 bits per heavy atom. The molecular weight excluding hydrogens is 184 g/mol. The first-order chi connectivity index (χ1) is 6.17. The predicted molar refractivity (Wildman–Crippen MR) is 54.6 cm³/mol. The van der Waals surface area contributed by atoms with E-state index < -0.39 is 0 Å². The van der Waals surface area contributed by atoms with Crippen LogP contribution in [-0.4, -0.2) is 11.5 Å². The molecule has 1 nitrogen and oxygen atoms in total. The minimum Gasteiger partial charge on any atom is -0.485 e. The van der Waals surface area contributed by atoms with Crippen molar-refractivity contribution in [2.24, 2.45) is 0 Å². The quantitative estimate of drug-likeness (QED) is 0.627. The van der Waals surface area contributed by atoms with Gasteiger partial charge >= 0.3 is 0 Å². The Labute approximate surface area is 83.7 Å². The molecule has 2 heteroatoms. The average Bonchev–Trinajstić information content (AvgIpc) is 2.41. The number of alkyl halides is 1. The van der Waals surface area contributed by atoms with E-state index in [1.807, 2.05) is 18.2 Å². The van der Waals surface area contributed by atoms with Gasteiger partial charge < -0.3 is 4.74 Å². The number of rotatable bonds is 1. The highest BCUT2D eigenvalue weighted by Crippen LogP contribution is 2.44. The number of halogens is 1. The normalized spacial score (nSPS) is 31.2. The zero-order valence-electron chi connectivity index (χ0n) is 7.88. The summed E-state index contributed by atoms with van der Waals surface area (Å²) in [5, 5.41) is 0. The molecule has 0 aromatic heterocycles. The summed E-state index contributed by atoms with van der Waals surface area (Å²) in [6.45, 7) is 4.22. The SMILES string of the molecule is CC1c2ccccc2OC1(C)CCl. The number of hydrogen-bond donors (Lipinski definition) is 0. The van der Waals surface area contributed by atoms with Gasteiger partial charge in [-0.3, -0.25) is 0 Å². The molecule has 13 heavy (non-hydrogen) atoms. The van der Waals surface area contributed by atoms with Gasteiger partial charge in [-0.25, -0.2) is 0 Å². The Bertz CT molecular complexity index is 324. The summed E-state index contributed by atoms with van der Waals surface area (Å²) >= 11 is 5.91. The third-order valence-corrected chi connectivity index (χ3v) is 3.44. The molecule has 0 bridgehead atoms. The zero-order chi connectivity index (χ0) is 9.47. The molecule has 0 spiro atoms. The predicted octanol–water partition coefficient (Wildman–Crippen LogP) is 3.18. The van der Waals surface area contributed by atoms with Gasteiger partial charge in [0.1, 0.15) is 11.4 Å². The van der Waals surface area contributed by atoms with E-state index in [9.17, 15) is 0 Å². The van der Waals surface area contributed by atoms with E-state index in [1.54, 1.807) is 0 Å². The lowest BCUT2D eigenvalue weighted by Gasteiger charge is -2.25. The Hall–Kier alpha value is -0.690.